The molecule has 24 heavy (non-hydrogen) atoms. The molecule has 0 fully saturated rings. The fraction of sp³-hybridized carbons (Fsp3) is 1.00. The van der Waals surface area contributed by atoms with Crippen molar-refractivity contribution in [3.05, 3.63) is 0 Å². The first-order valence-electron chi connectivity index (χ1n) is 5.57. The molecular formula is C8H10F8O6S2. The normalized spacial score (nSPS) is 14.6. The molecule has 0 aliphatic rings. The average molecular weight is 418 g/mol. The van der Waals surface area contributed by atoms with Gasteiger partial charge in [-0.25, -0.2) is 17.6 Å². The lowest BCUT2D eigenvalue weighted by molar-refractivity contribution is -0.112. The van der Waals surface area contributed by atoms with Crippen molar-refractivity contribution in [1.29, 1.82) is 0 Å². The van der Waals surface area contributed by atoms with Crippen LogP contribution in [0.1, 0.15) is 0 Å². The molecule has 0 saturated carbocycles. The van der Waals surface area contributed by atoms with Gasteiger partial charge in [0.1, 0.15) is 11.5 Å². The Balaban J connectivity index is 4.48. The summed E-state index contributed by atoms with van der Waals surface area (Å²) in [6.45, 7) is -2.64. The van der Waals surface area contributed by atoms with Gasteiger partial charge in [-0.1, -0.05) is 0 Å². The zero-order valence-electron chi connectivity index (χ0n) is 11.3. The van der Waals surface area contributed by atoms with Crippen LogP contribution in [0.15, 0.2) is 0 Å². The van der Waals surface area contributed by atoms with E-state index in [-0.39, 0.29) is 0 Å². The van der Waals surface area contributed by atoms with Crippen LogP contribution >= 0.6 is 0 Å². The van der Waals surface area contributed by atoms with Gasteiger partial charge in [0.05, 0.1) is 13.2 Å². The van der Waals surface area contributed by atoms with Crippen molar-refractivity contribution in [2.75, 3.05) is 24.7 Å². The molecule has 0 N–H and O–H groups in total. The summed E-state index contributed by atoms with van der Waals surface area (Å²) < 4.78 is 148. The van der Waals surface area contributed by atoms with Crippen molar-refractivity contribution >= 4 is 20.2 Å². The quantitative estimate of drug-likeness (QED) is 0.287. The second-order valence-corrected chi connectivity index (χ2v) is 7.45. The van der Waals surface area contributed by atoms with E-state index in [1.54, 1.807) is 0 Å². The van der Waals surface area contributed by atoms with Crippen LogP contribution in [-0.2, 0) is 28.6 Å². The molecule has 0 amide bonds. The largest absolute Gasteiger partial charge is 0.323 e. The first-order chi connectivity index (χ1) is 10.5. The highest BCUT2D eigenvalue weighted by molar-refractivity contribution is 7.87. The maximum Gasteiger partial charge on any atom is 0.323 e. The molecule has 0 radical (unpaired) electrons. The van der Waals surface area contributed by atoms with E-state index in [1.807, 2.05) is 0 Å². The third-order valence-electron chi connectivity index (χ3n) is 1.99. The minimum Gasteiger partial charge on any atom is -0.267 e. The van der Waals surface area contributed by atoms with Gasteiger partial charge in [-0.15, -0.1) is 0 Å². The molecule has 16 heteroatoms. The van der Waals surface area contributed by atoms with Crippen LogP contribution in [-0.4, -0.2) is 66.3 Å². The second kappa shape index (κ2) is 8.09. The minimum atomic E-state index is -5.22. The van der Waals surface area contributed by atoms with Gasteiger partial charge in [0.15, 0.2) is 0 Å². The average Bonchev–Trinajstić information content (AvgIpc) is 2.31. The topological polar surface area (TPSA) is 86.7 Å². The lowest BCUT2D eigenvalue weighted by Crippen LogP contribution is -2.37. The summed E-state index contributed by atoms with van der Waals surface area (Å²) in [6.07, 6.45) is -8.63. The van der Waals surface area contributed by atoms with Crippen LogP contribution < -0.4 is 0 Å². The predicted octanol–water partition coefficient (Wildman–Crippen LogP) is 1.48. The van der Waals surface area contributed by atoms with Crippen LogP contribution in [0.5, 0.6) is 0 Å². The summed E-state index contributed by atoms with van der Waals surface area (Å²) in [5, 5.41) is 0. The van der Waals surface area contributed by atoms with Crippen LogP contribution in [0, 0.1) is 0 Å². The third kappa shape index (κ3) is 8.39. The summed E-state index contributed by atoms with van der Waals surface area (Å²) in [6, 6.07) is 0. The first-order valence-corrected chi connectivity index (χ1v) is 8.72. The summed E-state index contributed by atoms with van der Waals surface area (Å²) in [4.78, 5) is 0. The predicted molar refractivity (Wildman–Crippen MR) is 61.4 cm³/mol. The smallest absolute Gasteiger partial charge is 0.267 e. The Labute approximate surface area is 131 Å². The first kappa shape index (κ1) is 23.3. The summed E-state index contributed by atoms with van der Waals surface area (Å²) in [7, 11) is -10.4. The van der Waals surface area contributed by atoms with E-state index >= 15 is 0 Å². The van der Waals surface area contributed by atoms with E-state index in [9.17, 15) is 52.0 Å². The van der Waals surface area contributed by atoms with Crippen molar-refractivity contribution < 1.29 is 60.3 Å². The highest BCUT2D eigenvalue weighted by atomic mass is 32.2. The monoisotopic (exact) mass is 418 g/mol. The standard InChI is InChI=1S/C8H10F8O6S2/c9-5(10)7(13,14)3-23(17,18)21-1-2-22-24(19,20)4-8(15,16)6(11)12/h5-6H,1-4H2. The highest BCUT2D eigenvalue weighted by Crippen LogP contribution is 2.26. The molecule has 146 valence electrons. The molecule has 0 heterocycles. The van der Waals surface area contributed by atoms with E-state index in [2.05, 4.69) is 8.37 Å². The van der Waals surface area contributed by atoms with Crippen molar-refractivity contribution in [1.82, 2.24) is 0 Å². The molecule has 0 aliphatic heterocycles. The van der Waals surface area contributed by atoms with E-state index in [4.69, 9.17) is 0 Å². The van der Waals surface area contributed by atoms with E-state index in [1.165, 1.54) is 0 Å². The van der Waals surface area contributed by atoms with Crippen molar-refractivity contribution in [3.63, 3.8) is 0 Å². The molecule has 0 saturated heterocycles. The fourth-order valence-corrected chi connectivity index (χ4v) is 3.01. The molecule has 0 bridgehead atoms. The Morgan fingerprint density at radius 3 is 1.12 bits per heavy atom. The van der Waals surface area contributed by atoms with Crippen LogP contribution in [0.25, 0.3) is 0 Å². The maximum atomic E-state index is 12.5. The molecule has 0 aliphatic carbocycles. The summed E-state index contributed by atoms with van der Waals surface area (Å²) >= 11 is 0. The van der Waals surface area contributed by atoms with Gasteiger partial charge in [0.2, 0.25) is 0 Å². The van der Waals surface area contributed by atoms with Gasteiger partial charge >= 0.3 is 24.7 Å². The van der Waals surface area contributed by atoms with Crippen molar-refractivity contribution in [2.24, 2.45) is 0 Å². The zero-order chi connectivity index (χ0) is 19.4. The van der Waals surface area contributed by atoms with Gasteiger partial charge in [-0.2, -0.15) is 34.4 Å². The zero-order valence-corrected chi connectivity index (χ0v) is 12.9. The lowest BCUT2D eigenvalue weighted by atomic mass is 10.4. The van der Waals surface area contributed by atoms with Gasteiger partial charge in [-0.3, -0.25) is 8.37 Å². The molecular weight excluding hydrogens is 408 g/mol. The molecule has 0 aromatic rings. The lowest BCUT2D eigenvalue weighted by Gasteiger charge is -2.16. The summed E-state index contributed by atoms with van der Waals surface area (Å²) in [5.74, 6) is -14.7. The van der Waals surface area contributed by atoms with E-state index < -0.39 is 69.7 Å². The Hall–Kier alpha value is -0.740. The number of hydrogen-bond acceptors (Lipinski definition) is 6. The molecule has 0 rings (SSSR count). The van der Waals surface area contributed by atoms with Crippen molar-refractivity contribution in [2.45, 2.75) is 24.7 Å². The summed E-state index contributed by atoms with van der Waals surface area (Å²) in [5.41, 5.74) is 0. The van der Waals surface area contributed by atoms with Gasteiger partial charge < -0.3 is 0 Å². The molecule has 0 aromatic carbocycles. The third-order valence-corrected chi connectivity index (χ3v) is 4.51. The number of halogens is 8. The number of rotatable bonds is 11. The highest BCUT2D eigenvalue weighted by Gasteiger charge is 2.46. The Bertz CT molecular complexity index is 548. The molecule has 0 unspecified atom stereocenters. The number of alkyl halides is 8. The fourth-order valence-electron chi connectivity index (χ4n) is 1.00. The van der Waals surface area contributed by atoms with Crippen LogP contribution in [0.3, 0.4) is 0 Å². The molecule has 0 atom stereocenters. The van der Waals surface area contributed by atoms with Crippen molar-refractivity contribution in [3.8, 4) is 0 Å². The molecule has 0 spiro atoms. The van der Waals surface area contributed by atoms with E-state index in [0.717, 1.165) is 0 Å². The van der Waals surface area contributed by atoms with Gasteiger partial charge in [0, 0.05) is 0 Å². The number of hydrogen-bond donors (Lipinski definition) is 0. The van der Waals surface area contributed by atoms with E-state index in [0.29, 0.717) is 0 Å². The van der Waals surface area contributed by atoms with Crippen LogP contribution in [0.4, 0.5) is 35.1 Å². The van der Waals surface area contributed by atoms with Gasteiger partial charge in [0.25, 0.3) is 20.2 Å². The Kier molecular flexibility index (Phi) is 7.84. The molecule has 6 nitrogen and oxygen atoms in total. The Morgan fingerprint density at radius 2 is 0.917 bits per heavy atom. The van der Waals surface area contributed by atoms with Crippen LogP contribution in [0.2, 0.25) is 0 Å². The minimum absolute atomic E-state index is 1.32. The Morgan fingerprint density at radius 1 is 0.667 bits per heavy atom. The maximum absolute atomic E-state index is 12.5. The molecule has 0 aromatic heterocycles. The second-order valence-electron chi connectivity index (χ2n) is 4.17. The SMILES string of the molecule is O=S(=O)(CC(F)(F)C(F)F)OCCOS(=O)(=O)CC(F)(F)C(F)F. The van der Waals surface area contributed by atoms with Gasteiger partial charge in [-0.05, 0) is 0 Å².